The molecule has 3 aromatic carbocycles. The summed E-state index contributed by atoms with van der Waals surface area (Å²) in [5, 5.41) is 5.32. The SMILES string of the molecule is O=c1[nH]c2cc3c(cc2c2ccccc12)sc1ccccc13. The van der Waals surface area contributed by atoms with E-state index in [1.807, 2.05) is 24.3 Å². The standard InChI is InChI=1S/C19H11NOS/c21-19-13-7-2-1-5-11(13)14-10-18-15(9-16(14)20-19)12-6-3-4-8-17(12)22-18/h1-10H,(H,20,21). The summed E-state index contributed by atoms with van der Waals surface area (Å²) in [5.74, 6) is 0. The number of thiophene rings is 1. The molecule has 1 N–H and O–H groups in total. The van der Waals surface area contributed by atoms with Crippen LogP contribution < -0.4 is 5.56 Å². The summed E-state index contributed by atoms with van der Waals surface area (Å²) in [7, 11) is 0. The molecule has 0 unspecified atom stereocenters. The maximum atomic E-state index is 12.3. The Labute approximate surface area is 129 Å². The van der Waals surface area contributed by atoms with E-state index in [1.165, 1.54) is 20.2 Å². The first-order chi connectivity index (χ1) is 10.8. The topological polar surface area (TPSA) is 32.9 Å². The van der Waals surface area contributed by atoms with Gasteiger partial charge in [0.1, 0.15) is 0 Å². The van der Waals surface area contributed by atoms with Gasteiger partial charge in [0.25, 0.3) is 5.56 Å². The molecule has 0 fully saturated rings. The quantitative estimate of drug-likeness (QED) is 0.399. The summed E-state index contributed by atoms with van der Waals surface area (Å²) in [6.45, 7) is 0. The van der Waals surface area contributed by atoms with Crippen LogP contribution in [0.2, 0.25) is 0 Å². The molecular formula is C19H11NOS. The van der Waals surface area contributed by atoms with Gasteiger partial charge in [-0.2, -0.15) is 0 Å². The van der Waals surface area contributed by atoms with Crippen molar-refractivity contribution < 1.29 is 0 Å². The largest absolute Gasteiger partial charge is 0.321 e. The number of aromatic amines is 1. The third-order valence-electron chi connectivity index (χ3n) is 4.23. The smallest absolute Gasteiger partial charge is 0.256 e. The van der Waals surface area contributed by atoms with E-state index in [0.29, 0.717) is 0 Å². The Kier molecular flexibility index (Phi) is 2.27. The second kappa shape index (κ2) is 4.18. The Morgan fingerprint density at radius 3 is 2.27 bits per heavy atom. The van der Waals surface area contributed by atoms with Gasteiger partial charge in [-0.15, -0.1) is 11.3 Å². The number of fused-ring (bicyclic) bond motifs is 6. The number of hydrogen-bond donors (Lipinski definition) is 1. The van der Waals surface area contributed by atoms with E-state index < -0.39 is 0 Å². The predicted octanol–water partition coefficient (Wildman–Crippen LogP) is 5.05. The van der Waals surface area contributed by atoms with Crippen LogP contribution in [-0.2, 0) is 0 Å². The monoisotopic (exact) mass is 301 g/mol. The zero-order valence-electron chi connectivity index (χ0n) is 11.6. The van der Waals surface area contributed by atoms with Gasteiger partial charge in [0.2, 0.25) is 0 Å². The highest BCUT2D eigenvalue weighted by molar-refractivity contribution is 7.25. The van der Waals surface area contributed by atoms with Gasteiger partial charge >= 0.3 is 0 Å². The van der Waals surface area contributed by atoms with Gasteiger partial charge in [-0.1, -0.05) is 36.4 Å². The van der Waals surface area contributed by atoms with Crippen LogP contribution in [0.25, 0.3) is 41.8 Å². The van der Waals surface area contributed by atoms with E-state index in [4.69, 9.17) is 0 Å². The summed E-state index contributed by atoms with van der Waals surface area (Å²) >= 11 is 1.80. The van der Waals surface area contributed by atoms with Crippen LogP contribution in [0.3, 0.4) is 0 Å². The number of H-pyrrole nitrogens is 1. The zero-order valence-corrected chi connectivity index (χ0v) is 12.4. The summed E-state index contributed by atoms with van der Waals surface area (Å²) in [6.07, 6.45) is 0. The fourth-order valence-corrected chi connectivity index (χ4v) is 4.33. The second-order valence-electron chi connectivity index (χ2n) is 5.49. The van der Waals surface area contributed by atoms with E-state index in [-0.39, 0.29) is 5.56 Å². The Hall–Kier alpha value is -2.65. The van der Waals surface area contributed by atoms with Crippen LogP contribution in [0.4, 0.5) is 0 Å². The Morgan fingerprint density at radius 2 is 1.41 bits per heavy atom. The summed E-state index contributed by atoms with van der Waals surface area (Å²) in [4.78, 5) is 15.3. The molecule has 0 saturated heterocycles. The Bertz CT molecular complexity index is 1250. The number of nitrogens with one attached hydrogen (secondary N) is 1. The second-order valence-corrected chi connectivity index (χ2v) is 6.58. The lowest BCUT2D eigenvalue weighted by Crippen LogP contribution is -2.05. The molecule has 5 aromatic rings. The van der Waals surface area contributed by atoms with Gasteiger partial charge < -0.3 is 4.98 Å². The third kappa shape index (κ3) is 1.51. The molecule has 22 heavy (non-hydrogen) atoms. The molecule has 0 radical (unpaired) electrons. The molecular weight excluding hydrogens is 290 g/mol. The normalized spacial score (nSPS) is 11.8. The Morgan fingerprint density at radius 1 is 0.682 bits per heavy atom. The minimum Gasteiger partial charge on any atom is -0.321 e. The third-order valence-corrected chi connectivity index (χ3v) is 5.36. The van der Waals surface area contributed by atoms with Crippen molar-refractivity contribution in [3.63, 3.8) is 0 Å². The fourth-order valence-electron chi connectivity index (χ4n) is 3.20. The van der Waals surface area contributed by atoms with Crippen LogP contribution in [0.15, 0.2) is 65.5 Å². The maximum Gasteiger partial charge on any atom is 0.256 e. The lowest BCUT2D eigenvalue weighted by molar-refractivity contribution is 1.35. The molecule has 2 nitrogen and oxygen atoms in total. The van der Waals surface area contributed by atoms with Crippen molar-refractivity contribution in [2.45, 2.75) is 0 Å². The van der Waals surface area contributed by atoms with E-state index in [9.17, 15) is 4.79 Å². The van der Waals surface area contributed by atoms with Crippen LogP contribution in [0.5, 0.6) is 0 Å². The molecule has 3 heteroatoms. The average molecular weight is 301 g/mol. The summed E-state index contributed by atoms with van der Waals surface area (Å²) < 4.78 is 2.53. The first-order valence-corrected chi connectivity index (χ1v) is 7.99. The molecule has 0 amide bonds. The van der Waals surface area contributed by atoms with Crippen molar-refractivity contribution in [1.29, 1.82) is 0 Å². The van der Waals surface area contributed by atoms with Gasteiger partial charge in [0.15, 0.2) is 0 Å². The number of benzene rings is 3. The van der Waals surface area contributed by atoms with E-state index in [2.05, 4.69) is 41.4 Å². The zero-order chi connectivity index (χ0) is 14.7. The molecule has 5 rings (SSSR count). The van der Waals surface area contributed by atoms with Gasteiger partial charge in [-0.3, -0.25) is 4.79 Å². The van der Waals surface area contributed by atoms with Crippen LogP contribution in [-0.4, -0.2) is 4.98 Å². The van der Waals surface area contributed by atoms with Crippen molar-refractivity contribution in [3.05, 3.63) is 71.0 Å². The highest BCUT2D eigenvalue weighted by Gasteiger charge is 2.09. The maximum absolute atomic E-state index is 12.3. The van der Waals surface area contributed by atoms with Crippen molar-refractivity contribution in [1.82, 2.24) is 4.98 Å². The number of aromatic nitrogens is 1. The van der Waals surface area contributed by atoms with E-state index in [0.717, 1.165) is 21.7 Å². The van der Waals surface area contributed by atoms with Crippen LogP contribution >= 0.6 is 11.3 Å². The highest BCUT2D eigenvalue weighted by Crippen LogP contribution is 2.36. The van der Waals surface area contributed by atoms with Gasteiger partial charge in [0.05, 0.1) is 0 Å². The lowest BCUT2D eigenvalue weighted by atomic mass is 10.0. The molecule has 2 heterocycles. The summed E-state index contributed by atoms with van der Waals surface area (Å²) in [6, 6.07) is 20.5. The predicted molar refractivity (Wildman–Crippen MR) is 95.0 cm³/mol. The molecule has 0 bridgehead atoms. The van der Waals surface area contributed by atoms with Gasteiger partial charge in [-0.05, 0) is 29.7 Å². The van der Waals surface area contributed by atoms with Crippen molar-refractivity contribution in [3.8, 4) is 0 Å². The number of hydrogen-bond acceptors (Lipinski definition) is 2. The molecule has 0 aliphatic carbocycles. The lowest BCUT2D eigenvalue weighted by Gasteiger charge is -2.04. The first-order valence-electron chi connectivity index (χ1n) is 7.17. The van der Waals surface area contributed by atoms with E-state index in [1.54, 1.807) is 11.3 Å². The molecule has 0 aliphatic heterocycles. The first kappa shape index (κ1) is 12.0. The molecule has 0 aliphatic rings. The van der Waals surface area contributed by atoms with Gasteiger partial charge in [0, 0.05) is 36.5 Å². The van der Waals surface area contributed by atoms with Crippen LogP contribution in [0, 0.1) is 0 Å². The van der Waals surface area contributed by atoms with Crippen molar-refractivity contribution in [2.75, 3.05) is 0 Å². The van der Waals surface area contributed by atoms with Crippen LogP contribution in [0.1, 0.15) is 0 Å². The molecule has 104 valence electrons. The molecule has 2 aromatic heterocycles. The fraction of sp³-hybridized carbons (Fsp3) is 0. The van der Waals surface area contributed by atoms with E-state index >= 15 is 0 Å². The number of rotatable bonds is 0. The molecule has 0 saturated carbocycles. The minimum atomic E-state index is -0.0259. The Balaban J connectivity index is 2.07. The molecule has 0 atom stereocenters. The van der Waals surface area contributed by atoms with Gasteiger partial charge in [-0.25, -0.2) is 0 Å². The van der Waals surface area contributed by atoms with Crippen molar-refractivity contribution in [2.24, 2.45) is 0 Å². The minimum absolute atomic E-state index is 0.0259. The van der Waals surface area contributed by atoms with Crippen molar-refractivity contribution >= 4 is 53.2 Å². The summed E-state index contributed by atoms with van der Waals surface area (Å²) in [5.41, 5.74) is 0.877. The number of pyridine rings is 1. The highest BCUT2D eigenvalue weighted by atomic mass is 32.1. The average Bonchev–Trinajstić information content (AvgIpc) is 2.91. The molecule has 0 spiro atoms.